The molecule has 1 aromatic heterocycles. The summed E-state index contributed by atoms with van der Waals surface area (Å²) in [4.78, 5) is 12.9. The Hall–Kier alpha value is -2.28. The zero-order valence-corrected chi connectivity index (χ0v) is 11.6. The number of aryl methyl sites for hydroxylation is 1. The fraction of sp³-hybridized carbons (Fsp3) is 0.385. The minimum absolute atomic E-state index is 0.0310. The van der Waals surface area contributed by atoms with Crippen molar-refractivity contribution in [2.45, 2.75) is 26.4 Å². The van der Waals surface area contributed by atoms with Gasteiger partial charge in [-0.1, -0.05) is 29.8 Å². The lowest BCUT2D eigenvalue weighted by atomic mass is 10.1. The van der Waals surface area contributed by atoms with Gasteiger partial charge in [0.05, 0.1) is 0 Å². The lowest BCUT2D eigenvalue weighted by Gasteiger charge is -2.10. The Labute approximate surface area is 117 Å². The molecular weight excluding hydrogens is 256 g/mol. The molecule has 7 heteroatoms. The Bertz CT molecular complexity index is 577. The van der Waals surface area contributed by atoms with Crippen LogP contribution in [0.3, 0.4) is 0 Å². The van der Waals surface area contributed by atoms with Gasteiger partial charge in [-0.2, -0.15) is 4.80 Å². The molecule has 2 aromatic rings. The normalized spacial score (nSPS) is 12.2. The smallest absolute Gasteiger partial charge is 0.243 e. The average Bonchev–Trinajstić information content (AvgIpc) is 2.87. The van der Waals surface area contributed by atoms with E-state index in [4.69, 9.17) is 5.73 Å². The van der Waals surface area contributed by atoms with E-state index in [0.29, 0.717) is 12.4 Å². The van der Waals surface area contributed by atoms with Crippen LogP contribution in [-0.4, -0.2) is 38.7 Å². The van der Waals surface area contributed by atoms with E-state index in [1.807, 2.05) is 38.1 Å². The molecule has 20 heavy (non-hydrogen) atoms. The molecule has 0 radical (unpaired) electrons. The maximum absolute atomic E-state index is 11.7. The van der Waals surface area contributed by atoms with Gasteiger partial charge in [0.15, 0.2) is 0 Å². The lowest BCUT2D eigenvalue weighted by Crippen LogP contribution is -2.39. The van der Waals surface area contributed by atoms with Gasteiger partial charge in [-0.05, 0) is 19.1 Å². The number of hydrogen-bond donors (Lipinski definition) is 2. The quantitative estimate of drug-likeness (QED) is 0.806. The number of rotatable bonds is 5. The molecule has 0 saturated heterocycles. The molecule has 0 saturated carbocycles. The zero-order valence-electron chi connectivity index (χ0n) is 11.6. The topological polar surface area (TPSA) is 98.7 Å². The molecule has 106 valence electrons. The van der Waals surface area contributed by atoms with Crippen LogP contribution in [-0.2, 0) is 11.3 Å². The number of nitrogens with one attached hydrogen (secondary N) is 1. The van der Waals surface area contributed by atoms with Gasteiger partial charge in [0.2, 0.25) is 11.7 Å². The van der Waals surface area contributed by atoms with Crippen LogP contribution in [0.2, 0.25) is 0 Å². The number of nitrogens with two attached hydrogens (primary N) is 1. The number of tetrazole rings is 1. The Morgan fingerprint density at radius 3 is 2.75 bits per heavy atom. The van der Waals surface area contributed by atoms with E-state index in [9.17, 15) is 4.79 Å². The molecule has 0 fully saturated rings. The molecule has 0 aliphatic rings. The highest BCUT2D eigenvalue weighted by molar-refractivity contribution is 5.75. The molecule has 1 amide bonds. The van der Waals surface area contributed by atoms with Gasteiger partial charge >= 0.3 is 0 Å². The van der Waals surface area contributed by atoms with Crippen molar-refractivity contribution in [2.24, 2.45) is 5.73 Å². The SMILES string of the molecule is Cc1ccc(-c2nnn(CC(=O)N[C@@H](C)CN)n2)cc1. The predicted octanol–water partition coefficient (Wildman–Crippen LogP) is 0.112. The highest BCUT2D eigenvalue weighted by Gasteiger charge is 2.10. The first-order valence-electron chi connectivity index (χ1n) is 6.43. The molecule has 7 nitrogen and oxygen atoms in total. The van der Waals surface area contributed by atoms with E-state index >= 15 is 0 Å². The third-order valence-corrected chi connectivity index (χ3v) is 2.81. The van der Waals surface area contributed by atoms with Crippen molar-refractivity contribution in [3.63, 3.8) is 0 Å². The summed E-state index contributed by atoms with van der Waals surface area (Å²) < 4.78 is 0. The van der Waals surface area contributed by atoms with E-state index < -0.39 is 0 Å². The Balaban J connectivity index is 2.02. The molecule has 1 atom stereocenters. The number of carbonyl (C=O) groups excluding carboxylic acids is 1. The monoisotopic (exact) mass is 274 g/mol. The van der Waals surface area contributed by atoms with E-state index in [1.165, 1.54) is 4.80 Å². The average molecular weight is 274 g/mol. The molecule has 1 aromatic carbocycles. The number of carbonyl (C=O) groups is 1. The van der Waals surface area contributed by atoms with Crippen LogP contribution in [0.4, 0.5) is 0 Å². The van der Waals surface area contributed by atoms with Crippen molar-refractivity contribution in [2.75, 3.05) is 6.54 Å². The summed E-state index contributed by atoms with van der Waals surface area (Å²) >= 11 is 0. The van der Waals surface area contributed by atoms with Gasteiger partial charge in [-0.15, -0.1) is 10.2 Å². The highest BCUT2D eigenvalue weighted by Crippen LogP contribution is 2.13. The molecule has 0 bridgehead atoms. The van der Waals surface area contributed by atoms with Crippen molar-refractivity contribution < 1.29 is 4.79 Å². The standard InChI is InChI=1S/C13H18N6O/c1-9-3-5-11(6-4-9)13-16-18-19(17-13)8-12(20)15-10(2)7-14/h3-6,10H,7-8,14H2,1-2H3,(H,15,20)/t10-/m0/s1. The first-order valence-corrected chi connectivity index (χ1v) is 6.43. The van der Waals surface area contributed by atoms with Gasteiger partial charge in [0.25, 0.3) is 0 Å². The summed E-state index contributed by atoms with van der Waals surface area (Å²) in [5, 5.41) is 14.7. The molecule has 1 heterocycles. The van der Waals surface area contributed by atoms with Crippen molar-refractivity contribution in [1.29, 1.82) is 0 Å². The minimum atomic E-state index is -0.184. The van der Waals surface area contributed by atoms with Gasteiger partial charge in [0, 0.05) is 18.2 Å². The molecule has 2 rings (SSSR count). The second kappa shape index (κ2) is 6.25. The summed E-state index contributed by atoms with van der Waals surface area (Å²) in [5.74, 6) is 0.320. The molecule has 0 aliphatic heterocycles. The minimum Gasteiger partial charge on any atom is -0.351 e. The van der Waals surface area contributed by atoms with E-state index in [1.54, 1.807) is 0 Å². The first-order chi connectivity index (χ1) is 9.58. The van der Waals surface area contributed by atoms with Gasteiger partial charge < -0.3 is 11.1 Å². The van der Waals surface area contributed by atoms with Crippen LogP contribution < -0.4 is 11.1 Å². The Morgan fingerprint density at radius 1 is 1.40 bits per heavy atom. The van der Waals surface area contributed by atoms with Crippen LogP contribution >= 0.6 is 0 Å². The van der Waals surface area contributed by atoms with Crippen LogP contribution in [0.15, 0.2) is 24.3 Å². The maximum atomic E-state index is 11.7. The molecule has 0 spiro atoms. The second-order valence-corrected chi connectivity index (χ2v) is 4.71. The number of aromatic nitrogens is 4. The van der Waals surface area contributed by atoms with Gasteiger partial charge in [0.1, 0.15) is 6.54 Å². The number of amides is 1. The van der Waals surface area contributed by atoms with Crippen molar-refractivity contribution >= 4 is 5.91 Å². The third-order valence-electron chi connectivity index (χ3n) is 2.81. The fourth-order valence-corrected chi connectivity index (χ4v) is 1.64. The summed E-state index contributed by atoms with van der Waals surface area (Å²) in [6.45, 7) is 4.27. The summed E-state index contributed by atoms with van der Waals surface area (Å²) in [6, 6.07) is 7.74. The lowest BCUT2D eigenvalue weighted by molar-refractivity contribution is -0.122. The fourth-order valence-electron chi connectivity index (χ4n) is 1.64. The number of benzene rings is 1. The van der Waals surface area contributed by atoms with Crippen molar-refractivity contribution in [1.82, 2.24) is 25.5 Å². The Kier molecular flexibility index (Phi) is 4.41. The first kappa shape index (κ1) is 14.1. The van der Waals surface area contributed by atoms with Crippen LogP contribution in [0.5, 0.6) is 0 Å². The van der Waals surface area contributed by atoms with Crippen molar-refractivity contribution in [3.8, 4) is 11.4 Å². The maximum Gasteiger partial charge on any atom is 0.243 e. The number of hydrogen-bond acceptors (Lipinski definition) is 5. The highest BCUT2D eigenvalue weighted by atomic mass is 16.2. The third kappa shape index (κ3) is 3.61. The molecule has 0 unspecified atom stereocenters. The largest absolute Gasteiger partial charge is 0.351 e. The van der Waals surface area contributed by atoms with Crippen LogP contribution in [0.25, 0.3) is 11.4 Å². The summed E-state index contributed by atoms with van der Waals surface area (Å²) in [7, 11) is 0. The van der Waals surface area contributed by atoms with E-state index in [0.717, 1.165) is 11.1 Å². The summed E-state index contributed by atoms with van der Waals surface area (Å²) in [5.41, 5.74) is 7.48. The number of nitrogens with zero attached hydrogens (tertiary/aromatic N) is 4. The van der Waals surface area contributed by atoms with E-state index in [-0.39, 0.29) is 18.5 Å². The van der Waals surface area contributed by atoms with Crippen molar-refractivity contribution in [3.05, 3.63) is 29.8 Å². The molecule has 0 aliphatic carbocycles. The molecule has 3 N–H and O–H groups in total. The second-order valence-electron chi connectivity index (χ2n) is 4.71. The predicted molar refractivity (Wildman–Crippen MR) is 74.6 cm³/mol. The van der Waals surface area contributed by atoms with Crippen LogP contribution in [0.1, 0.15) is 12.5 Å². The van der Waals surface area contributed by atoms with Crippen LogP contribution in [0, 0.1) is 6.92 Å². The Morgan fingerprint density at radius 2 is 2.10 bits per heavy atom. The summed E-state index contributed by atoms with van der Waals surface area (Å²) in [6.07, 6.45) is 0. The molecular formula is C13H18N6O. The zero-order chi connectivity index (χ0) is 14.5. The van der Waals surface area contributed by atoms with E-state index in [2.05, 4.69) is 20.7 Å². The van der Waals surface area contributed by atoms with Gasteiger partial charge in [-0.3, -0.25) is 4.79 Å². The van der Waals surface area contributed by atoms with Gasteiger partial charge in [-0.25, -0.2) is 0 Å².